The van der Waals surface area contributed by atoms with Gasteiger partial charge in [0.2, 0.25) is 0 Å². The van der Waals surface area contributed by atoms with Crippen molar-refractivity contribution >= 4 is 37.4 Å². The van der Waals surface area contributed by atoms with E-state index in [2.05, 4.69) is 0 Å². The Bertz CT molecular complexity index is 421. The van der Waals surface area contributed by atoms with Gasteiger partial charge in [-0.15, -0.1) is 12.4 Å². The summed E-state index contributed by atoms with van der Waals surface area (Å²) in [5, 5.41) is 19.2. The van der Waals surface area contributed by atoms with Gasteiger partial charge in [0.05, 0.1) is 5.60 Å². The molecule has 0 unspecified atom stereocenters. The van der Waals surface area contributed by atoms with E-state index in [4.69, 9.17) is 5.11 Å². The van der Waals surface area contributed by atoms with E-state index in [0.29, 0.717) is 31.5 Å². The summed E-state index contributed by atoms with van der Waals surface area (Å²) in [6, 6.07) is 5.70. The fraction of sp³-hybridized carbons (Fsp3) is 0.417. The normalized spacial score (nSPS) is 17.1. The molecule has 0 saturated carbocycles. The molecule has 1 amide bonds. The van der Waals surface area contributed by atoms with Crippen molar-refractivity contribution in [3.05, 3.63) is 35.6 Å². The van der Waals surface area contributed by atoms with Crippen molar-refractivity contribution in [2.75, 3.05) is 13.1 Å². The number of benzene rings is 1. The van der Waals surface area contributed by atoms with Gasteiger partial charge < -0.3 is 15.1 Å². The summed E-state index contributed by atoms with van der Waals surface area (Å²) in [7, 11) is 0. The number of halogens is 2. The number of amides is 1. The zero-order valence-corrected chi connectivity index (χ0v) is 10.5. The first kappa shape index (κ1) is 18.3. The van der Waals surface area contributed by atoms with E-state index in [1.807, 2.05) is 0 Å². The molecule has 1 saturated heterocycles. The van der Waals surface area contributed by atoms with Gasteiger partial charge in [-0.3, -0.25) is 0 Å². The molecule has 4 nitrogen and oxygen atoms in total. The van der Waals surface area contributed by atoms with Crippen LogP contribution < -0.4 is 0 Å². The Hall–Kier alpha value is -0.733. The standard InChI is InChI=1S/C12H14FNO3.ClH.Li.H/c13-10-3-1-9(2-4-10)12(17)5-7-14(8-6-12)11(15)16;;;/h1-4,17H,5-8H2,(H,15,16);1H;;. The van der Waals surface area contributed by atoms with E-state index in [0.717, 1.165) is 0 Å². The van der Waals surface area contributed by atoms with E-state index in [1.165, 1.54) is 17.0 Å². The summed E-state index contributed by atoms with van der Waals surface area (Å²) in [5.74, 6) is -0.347. The molecule has 1 aromatic carbocycles. The third-order valence-electron chi connectivity index (χ3n) is 3.24. The first-order valence-electron chi connectivity index (χ1n) is 5.47. The molecule has 0 radical (unpaired) electrons. The Labute approximate surface area is 129 Å². The maximum absolute atomic E-state index is 12.8. The quantitative estimate of drug-likeness (QED) is 0.769. The summed E-state index contributed by atoms with van der Waals surface area (Å²) in [6.45, 7) is 0.590. The molecule has 102 valence electrons. The van der Waals surface area contributed by atoms with Crippen molar-refractivity contribution in [2.24, 2.45) is 0 Å². The Morgan fingerprint density at radius 2 is 1.68 bits per heavy atom. The Morgan fingerprint density at radius 3 is 2.11 bits per heavy atom. The zero-order valence-electron chi connectivity index (χ0n) is 9.67. The van der Waals surface area contributed by atoms with Crippen molar-refractivity contribution in [2.45, 2.75) is 18.4 Å². The van der Waals surface area contributed by atoms with Crippen LogP contribution in [0, 0.1) is 5.82 Å². The summed E-state index contributed by atoms with van der Waals surface area (Å²) >= 11 is 0. The zero-order chi connectivity index (χ0) is 12.5. The van der Waals surface area contributed by atoms with E-state index in [1.54, 1.807) is 12.1 Å². The minimum absolute atomic E-state index is 0. The molecule has 0 aromatic heterocycles. The van der Waals surface area contributed by atoms with Crippen LogP contribution in [0.4, 0.5) is 9.18 Å². The van der Waals surface area contributed by atoms with Crippen molar-refractivity contribution in [3.63, 3.8) is 0 Å². The van der Waals surface area contributed by atoms with Gasteiger partial charge in [0.1, 0.15) is 5.82 Å². The average molecular weight is 284 g/mol. The summed E-state index contributed by atoms with van der Waals surface area (Å²) in [5.41, 5.74) is -0.399. The predicted octanol–water partition coefficient (Wildman–Crippen LogP) is 1.56. The van der Waals surface area contributed by atoms with Crippen LogP contribution in [0.15, 0.2) is 24.3 Å². The number of nitrogens with zero attached hydrogens (tertiary/aromatic N) is 1. The Kier molecular flexibility index (Phi) is 6.88. The van der Waals surface area contributed by atoms with Crippen LogP contribution in [0.5, 0.6) is 0 Å². The number of carboxylic acid groups (broad SMARTS) is 1. The van der Waals surface area contributed by atoms with Crippen LogP contribution in [0.2, 0.25) is 0 Å². The van der Waals surface area contributed by atoms with Crippen molar-refractivity contribution in [3.8, 4) is 0 Å². The van der Waals surface area contributed by atoms with Gasteiger partial charge in [-0.2, -0.15) is 0 Å². The van der Waals surface area contributed by atoms with Gasteiger partial charge in [-0.1, -0.05) is 12.1 Å². The van der Waals surface area contributed by atoms with Gasteiger partial charge in [-0.05, 0) is 30.5 Å². The van der Waals surface area contributed by atoms with Crippen LogP contribution in [0.1, 0.15) is 18.4 Å². The molecular formula is C12H16ClFLiNO3. The molecule has 0 atom stereocenters. The number of hydrogen-bond donors (Lipinski definition) is 2. The molecule has 0 spiro atoms. The number of rotatable bonds is 1. The summed E-state index contributed by atoms with van der Waals surface area (Å²) in [6.07, 6.45) is -0.290. The number of likely N-dealkylation sites (tertiary alicyclic amines) is 1. The third kappa shape index (κ3) is 4.12. The average Bonchev–Trinajstić information content (AvgIpc) is 2.30. The molecule has 1 aliphatic rings. The van der Waals surface area contributed by atoms with Crippen LogP contribution in [-0.2, 0) is 5.60 Å². The molecule has 0 bridgehead atoms. The molecule has 2 rings (SSSR count). The van der Waals surface area contributed by atoms with Gasteiger partial charge in [0, 0.05) is 13.1 Å². The fourth-order valence-corrected chi connectivity index (χ4v) is 2.12. The molecule has 1 aromatic rings. The van der Waals surface area contributed by atoms with Crippen LogP contribution in [0.3, 0.4) is 0 Å². The van der Waals surface area contributed by atoms with Gasteiger partial charge in [-0.25, -0.2) is 9.18 Å². The molecule has 7 heteroatoms. The van der Waals surface area contributed by atoms with Gasteiger partial charge >= 0.3 is 25.0 Å². The minimum atomic E-state index is -1.04. The van der Waals surface area contributed by atoms with E-state index in [9.17, 15) is 14.3 Å². The Morgan fingerprint density at radius 1 is 1.21 bits per heavy atom. The number of piperidine rings is 1. The second-order valence-corrected chi connectivity index (χ2v) is 4.31. The first-order chi connectivity index (χ1) is 8.01. The van der Waals surface area contributed by atoms with Crippen molar-refractivity contribution in [1.82, 2.24) is 4.90 Å². The third-order valence-corrected chi connectivity index (χ3v) is 3.24. The number of hydrogen-bond acceptors (Lipinski definition) is 2. The first-order valence-corrected chi connectivity index (χ1v) is 5.47. The number of carbonyl (C=O) groups is 1. The van der Waals surface area contributed by atoms with Crippen LogP contribution in [0.25, 0.3) is 0 Å². The second kappa shape index (κ2) is 7.16. The van der Waals surface area contributed by atoms with Crippen molar-refractivity contribution < 1.29 is 19.4 Å². The van der Waals surface area contributed by atoms with Gasteiger partial charge in [0.25, 0.3) is 0 Å². The van der Waals surface area contributed by atoms with Gasteiger partial charge in [0.15, 0.2) is 0 Å². The molecule has 19 heavy (non-hydrogen) atoms. The molecule has 1 aliphatic heterocycles. The van der Waals surface area contributed by atoms with Crippen LogP contribution in [-0.4, -0.2) is 53.2 Å². The molecular weight excluding hydrogens is 268 g/mol. The second-order valence-electron chi connectivity index (χ2n) is 4.31. The van der Waals surface area contributed by atoms with E-state index in [-0.39, 0.29) is 37.1 Å². The van der Waals surface area contributed by atoms with Crippen LogP contribution >= 0.6 is 12.4 Å². The SMILES string of the molecule is Cl.O=C(O)N1CCC(O)(c2ccc(F)cc2)CC1.[LiH]. The Balaban J connectivity index is 0.00000162. The maximum atomic E-state index is 12.8. The molecule has 0 aliphatic carbocycles. The predicted molar refractivity (Wildman–Crippen MR) is 73.5 cm³/mol. The molecule has 2 N–H and O–H groups in total. The molecule has 1 heterocycles. The van der Waals surface area contributed by atoms with Crippen molar-refractivity contribution in [1.29, 1.82) is 0 Å². The monoisotopic (exact) mass is 283 g/mol. The summed E-state index contributed by atoms with van der Waals surface area (Å²) in [4.78, 5) is 12.0. The number of aliphatic hydroxyl groups is 1. The summed E-state index contributed by atoms with van der Waals surface area (Å²) < 4.78 is 12.8. The van der Waals surface area contributed by atoms with E-state index >= 15 is 0 Å². The fourth-order valence-electron chi connectivity index (χ4n) is 2.12. The molecule has 1 fully saturated rings. The topological polar surface area (TPSA) is 60.8 Å². The van der Waals surface area contributed by atoms with E-state index < -0.39 is 11.7 Å².